The summed E-state index contributed by atoms with van der Waals surface area (Å²) in [4.78, 5) is 14.5. The van der Waals surface area contributed by atoms with Gasteiger partial charge in [-0.3, -0.25) is 4.79 Å². The number of aryl methyl sites for hydroxylation is 1. The normalized spacial score (nSPS) is 10.1. The smallest absolute Gasteiger partial charge is 0.185 e. The average Bonchev–Trinajstić information content (AvgIpc) is 2.28. The Morgan fingerprint density at radius 2 is 2.36 bits per heavy atom. The first-order chi connectivity index (χ1) is 5.20. The minimum Gasteiger partial charge on any atom is -0.317 e. The monoisotopic (exact) mass is 216 g/mol. The molecular weight excluding hydrogens is 208 g/mol. The van der Waals surface area contributed by atoms with Crippen LogP contribution in [0.15, 0.2) is 4.60 Å². The van der Waals surface area contributed by atoms with Crippen LogP contribution in [0.1, 0.15) is 23.2 Å². The molecule has 0 unspecified atom stereocenters. The van der Waals surface area contributed by atoms with Crippen molar-refractivity contribution in [1.82, 2.24) is 9.55 Å². The molecule has 0 aliphatic carbocycles. The number of aldehydes is 1. The van der Waals surface area contributed by atoms with Crippen molar-refractivity contribution in [2.45, 2.75) is 20.4 Å². The van der Waals surface area contributed by atoms with Crippen molar-refractivity contribution in [2.75, 3.05) is 0 Å². The van der Waals surface area contributed by atoms with Crippen LogP contribution in [0.4, 0.5) is 0 Å². The summed E-state index contributed by atoms with van der Waals surface area (Å²) in [5, 5.41) is 0. The lowest BCUT2D eigenvalue weighted by molar-refractivity contribution is 0.111. The molecule has 11 heavy (non-hydrogen) atoms. The zero-order chi connectivity index (χ0) is 8.43. The summed E-state index contributed by atoms with van der Waals surface area (Å²) in [6.45, 7) is 4.59. The molecule has 0 spiro atoms. The SMILES string of the molecule is CCn1c(C=O)nc(C)c1Br. The molecule has 0 saturated carbocycles. The number of carbonyl (C=O) groups excluding carboxylic acids is 1. The Hall–Kier alpha value is -0.640. The van der Waals surface area contributed by atoms with Crippen LogP contribution in [0.25, 0.3) is 0 Å². The van der Waals surface area contributed by atoms with Gasteiger partial charge in [0.2, 0.25) is 0 Å². The Bertz CT molecular complexity index is 280. The second kappa shape index (κ2) is 3.17. The molecule has 1 aromatic rings. The lowest BCUT2D eigenvalue weighted by Crippen LogP contribution is -2.00. The van der Waals surface area contributed by atoms with Gasteiger partial charge in [-0.05, 0) is 29.8 Å². The standard InChI is InChI=1S/C7H9BrN2O/c1-3-10-6(4-11)9-5(2)7(10)8/h4H,3H2,1-2H3. The number of hydrogen-bond donors (Lipinski definition) is 0. The van der Waals surface area contributed by atoms with Crippen molar-refractivity contribution in [1.29, 1.82) is 0 Å². The molecule has 0 amide bonds. The Labute approximate surface area is 73.6 Å². The molecule has 0 saturated heterocycles. The van der Waals surface area contributed by atoms with Crippen LogP contribution in [0, 0.1) is 6.92 Å². The van der Waals surface area contributed by atoms with Gasteiger partial charge in [-0.2, -0.15) is 0 Å². The molecule has 0 radical (unpaired) electrons. The van der Waals surface area contributed by atoms with E-state index < -0.39 is 0 Å². The van der Waals surface area contributed by atoms with Crippen molar-refractivity contribution in [3.63, 3.8) is 0 Å². The van der Waals surface area contributed by atoms with Gasteiger partial charge >= 0.3 is 0 Å². The van der Waals surface area contributed by atoms with Crippen LogP contribution >= 0.6 is 15.9 Å². The first-order valence-corrected chi connectivity index (χ1v) is 4.17. The lowest BCUT2D eigenvalue weighted by Gasteiger charge is -1.99. The predicted octanol–water partition coefficient (Wildman–Crippen LogP) is 1.79. The molecular formula is C7H9BrN2O. The number of hydrogen-bond acceptors (Lipinski definition) is 2. The summed E-state index contributed by atoms with van der Waals surface area (Å²) in [7, 11) is 0. The first kappa shape index (κ1) is 8.46. The largest absolute Gasteiger partial charge is 0.317 e. The van der Waals surface area contributed by atoms with Crippen LogP contribution in [-0.2, 0) is 6.54 Å². The van der Waals surface area contributed by atoms with Gasteiger partial charge in [0, 0.05) is 6.54 Å². The van der Waals surface area contributed by atoms with Gasteiger partial charge in [-0.15, -0.1) is 0 Å². The minimum absolute atomic E-state index is 0.483. The number of carbonyl (C=O) groups is 1. The van der Waals surface area contributed by atoms with Crippen LogP contribution < -0.4 is 0 Å². The van der Waals surface area contributed by atoms with Crippen molar-refractivity contribution >= 4 is 22.2 Å². The summed E-state index contributed by atoms with van der Waals surface area (Å²) in [6.07, 6.45) is 0.765. The molecule has 1 rings (SSSR count). The van der Waals surface area contributed by atoms with E-state index in [1.165, 1.54) is 0 Å². The molecule has 1 heterocycles. The highest BCUT2D eigenvalue weighted by molar-refractivity contribution is 9.10. The van der Waals surface area contributed by atoms with Gasteiger partial charge in [0.05, 0.1) is 5.69 Å². The molecule has 1 aromatic heterocycles. The number of rotatable bonds is 2. The van der Waals surface area contributed by atoms with Gasteiger partial charge in [0.25, 0.3) is 0 Å². The van der Waals surface area contributed by atoms with Crippen molar-refractivity contribution in [3.05, 3.63) is 16.1 Å². The minimum atomic E-state index is 0.483. The van der Waals surface area contributed by atoms with E-state index in [0.717, 1.165) is 23.1 Å². The van der Waals surface area contributed by atoms with E-state index in [2.05, 4.69) is 20.9 Å². The van der Waals surface area contributed by atoms with E-state index in [1.54, 1.807) is 0 Å². The highest BCUT2D eigenvalue weighted by atomic mass is 79.9. The molecule has 0 aliphatic heterocycles. The van der Waals surface area contributed by atoms with E-state index in [4.69, 9.17) is 0 Å². The maximum absolute atomic E-state index is 10.4. The third-order valence-corrected chi connectivity index (χ3v) is 2.52. The van der Waals surface area contributed by atoms with Gasteiger partial charge < -0.3 is 4.57 Å². The highest BCUT2D eigenvalue weighted by Gasteiger charge is 2.08. The van der Waals surface area contributed by atoms with Gasteiger partial charge in [0.1, 0.15) is 4.60 Å². The molecule has 4 heteroatoms. The predicted molar refractivity (Wildman–Crippen MR) is 45.7 cm³/mol. The second-order valence-corrected chi connectivity index (χ2v) is 2.96. The summed E-state index contributed by atoms with van der Waals surface area (Å²) in [5.41, 5.74) is 0.856. The van der Waals surface area contributed by atoms with Gasteiger partial charge in [0.15, 0.2) is 12.1 Å². The Kier molecular flexibility index (Phi) is 2.44. The number of imidazole rings is 1. The lowest BCUT2D eigenvalue weighted by atomic mass is 10.5. The van der Waals surface area contributed by atoms with Crippen molar-refractivity contribution in [2.24, 2.45) is 0 Å². The van der Waals surface area contributed by atoms with Crippen LogP contribution in [0.3, 0.4) is 0 Å². The Morgan fingerprint density at radius 1 is 1.73 bits per heavy atom. The summed E-state index contributed by atoms with van der Waals surface area (Å²) >= 11 is 3.34. The topological polar surface area (TPSA) is 34.9 Å². The van der Waals surface area contributed by atoms with E-state index in [-0.39, 0.29) is 0 Å². The first-order valence-electron chi connectivity index (χ1n) is 3.38. The summed E-state index contributed by atoms with van der Waals surface area (Å²) in [6, 6.07) is 0. The number of aromatic nitrogens is 2. The molecule has 0 fully saturated rings. The Balaban J connectivity index is 3.26. The summed E-state index contributed by atoms with van der Waals surface area (Å²) in [5.74, 6) is 0.483. The third-order valence-electron chi connectivity index (χ3n) is 1.52. The number of halogens is 1. The zero-order valence-electron chi connectivity index (χ0n) is 6.47. The molecule has 0 N–H and O–H groups in total. The maximum Gasteiger partial charge on any atom is 0.185 e. The third kappa shape index (κ3) is 1.35. The van der Waals surface area contributed by atoms with E-state index in [1.807, 2.05) is 18.4 Å². The maximum atomic E-state index is 10.4. The molecule has 0 atom stereocenters. The second-order valence-electron chi connectivity index (χ2n) is 2.21. The van der Waals surface area contributed by atoms with Gasteiger partial charge in [-0.1, -0.05) is 0 Å². The highest BCUT2D eigenvalue weighted by Crippen LogP contribution is 2.16. The zero-order valence-corrected chi connectivity index (χ0v) is 8.05. The van der Waals surface area contributed by atoms with E-state index in [9.17, 15) is 4.79 Å². The van der Waals surface area contributed by atoms with Crippen LogP contribution in [-0.4, -0.2) is 15.8 Å². The molecule has 60 valence electrons. The van der Waals surface area contributed by atoms with Crippen molar-refractivity contribution < 1.29 is 4.79 Å². The van der Waals surface area contributed by atoms with Crippen LogP contribution in [0.5, 0.6) is 0 Å². The Morgan fingerprint density at radius 3 is 2.73 bits per heavy atom. The molecule has 3 nitrogen and oxygen atoms in total. The fourth-order valence-electron chi connectivity index (χ4n) is 0.965. The van der Waals surface area contributed by atoms with Crippen molar-refractivity contribution in [3.8, 4) is 0 Å². The average molecular weight is 217 g/mol. The molecule has 0 bridgehead atoms. The fraction of sp³-hybridized carbons (Fsp3) is 0.429. The summed E-state index contributed by atoms with van der Waals surface area (Å²) < 4.78 is 2.71. The van der Waals surface area contributed by atoms with Gasteiger partial charge in [-0.25, -0.2) is 4.98 Å². The van der Waals surface area contributed by atoms with E-state index >= 15 is 0 Å². The van der Waals surface area contributed by atoms with E-state index in [0.29, 0.717) is 5.82 Å². The molecule has 0 aromatic carbocycles. The number of nitrogens with zero attached hydrogens (tertiary/aromatic N) is 2. The molecule has 0 aliphatic rings. The fourth-order valence-corrected chi connectivity index (χ4v) is 1.49. The van der Waals surface area contributed by atoms with Crippen LogP contribution in [0.2, 0.25) is 0 Å². The quantitative estimate of drug-likeness (QED) is 0.707.